The van der Waals surface area contributed by atoms with Crippen LogP contribution in [0, 0.1) is 5.92 Å². The highest BCUT2D eigenvalue weighted by atomic mass is 16.3. The second kappa shape index (κ2) is 7.60. The van der Waals surface area contributed by atoms with Gasteiger partial charge in [0.05, 0.1) is 6.10 Å². The van der Waals surface area contributed by atoms with Gasteiger partial charge >= 0.3 is 0 Å². The van der Waals surface area contributed by atoms with Gasteiger partial charge in [0, 0.05) is 25.8 Å². The molecule has 4 nitrogen and oxygen atoms in total. The molecule has 0 radical (unpaired) electrons. The van der Waals surface area contributed by atoms with E-state index in [-0.39, 0.29) is 6.10 Å². The van der Waals surface area contributed by atoms with E-state index in [4.69, 9.17) is 0 Å². The van der Waals surface area contributed by atoms with E-state index in [9.17, 15) is 5.11 Å². The highest BCUT2D eigenvalue weighted by Gasteiger charge is 2.13. The van der Waals surface area contributed by atoms with Gasteiger partial charge in [0.2, 0.25) is 0 Å². The van der Waals surface area contributed by atoms with Crippen LogP contribution in [0.5, 0.6) is 0 Å². The minimum absolute atomic E-state index is 0.210. The number of nitrogens with one attached hydrogen (secondary N) is 1. The lowest BCUT2D eigenvalue weighted by Crippen LogP contribution is -2.23. The maximum Gasteiger partial charge on any atom is 0.128 e. The first-order valence-corrected chi connectivity index (χ1v) is 7.75. The third kappa shape index (κ3) is 4.46. The molecule has 4 heteroatoms. The number of pyridine rings is 1. The lowest BCUT2D eigenvalue weighted by Gasteiger charge is -2.16. The molecule has 0 spiro atoms. The zero-order valence-corrected chi connectivity index (χ0v) is 12.7. The average molecular weight is 277 g/mol. The number of rotatable bonds is 7. The predicted octanol–water partition coefficient (Wildman–Crippen LogP) is 2.18. The first-order valence-electron chi connectivity index (χ1n) is 7.75. The molecule has 2 heterocycles. The summed E-state index contributed by atoms with van der Waals surface area (Å²) in [5, 5.41) is 13.1. The van der Waals surface area contributed by atoms with E-state index in [2.05, 4.69) is 27.3 Å². The Kier molecular flexibility index (Phi) is 5.80. The van der Waals surface area contributed by atoms with E-state index in [1.807, 2.05) is 20.0 Å². The predicted molar refractivity (Wildman–Crippen MR) is 82.9 cm³/mol. The Morgan fingerprint density at radius 1 is 1.30 bits per heavy atom. The van der Waals surface area contributed by atoms with Crippen molar-refractivity contribution in [1.82, 2.24) is 10.3 Å². The van der Waals surface area contributed by atoms with Crippen LogP contribution in [0.3, 0.4) is 0 Å². The van der Waals surface area contributed by atoms with E-state index in [0.717, 1.165) is 38.4 Å². The van der Waals surface area contributed by atoms with Crippen molar-refractivity contribution in [2.75, 3.05) is 24.5 Å². The van der Waals surface area contributed by atoms with E-state index >= 15 is 0 Å². The van der Waals surface area contributed by atoms with Gasteiger partial charge in [-0.15, -0.1) is 0 Å². The van der Waals surface area contributed by atoms with Crippen molar-refractivity contribution in [1.29, 1.82) is 0 Å². The van der Waals surface area contributed by atoms with Crippen molar-refractivity contribution in [3.63, 3.8) is 0 Å². The van der Waals surface area contributed by atoms with Crippen molar-refractivity contribution in [2.45, 2.75) is 45.8 Å². The van der Waals surface area contributed by atoms with Gasteiger partial charge in [-0.05, 0) is 43.4 Å². The molecule has 1 aliphatic rings. The summed E-state index contributed by atoms with van der Waals surface area (Å²) in [4.78, 5) is 6.88. The van der Waals surface area contributed by atoms with Crippen molar-refractivity contribution in [3.05, 3.63) is 23.9 Å². The summed E-state index contributed by atoms with van der Waals surface area (Å²) < 4.78 is 0. The Morgan fingerprint density at radius 2 is 2.05 bits per heavy atom. The lowest BCUT2D eigenvalue weighted by molar-refractivity contribution is 0.116. The SMILES string of the molecule is CC(C)C(O)CCNCc1ccc(N2CCCC2)nc1. The fourth-order valence-corrected chi connectivity index (χ4v) is 2.47. The zero-order valence-electron chi connectivity index (χ0n) is 12.7. The molecular formula is C16H27N3O. The molecule has 2 N–H and O–H groups in total. The maximum absolute atomic E-state index is 9.72. The first kappa shape index (κ1) is 15.3. The molecule has 1 fully saturated rings. The van der Waals surface area contributed by atoms with Crippen molar-refractivity contribution >= 4 is 5.82 Å². The Labute approximate surface area is 122 Å². The van der Waals surface area contributed by atoms with Gasteiger partial charge in [0.25, 0.3) is 0 Å². The van der Waals surface area contributed by atoms with Gasteiger partial charge in [0.1, 0.15) is 5.82 Å². The number of hydrogen-bond acceptors (Lipinski definition) is 4. The summed E-state index contributed by atoms with van der Waals surface area (Å²) in [6.07, 6.45) is 5.11. The van der Waals surface area contributed by atoms with Crippen molar-refractivity contribution < 1.29 is 5.11 Å². The molecule has 0 aliphatic carbocycles. The topological polar surface area (TPSA) is 48.4 Å². The fraction of sp³-hybridized carbons (Fsp3) is 0.688. The van der Waals surface area contributed by atoms with Crippen LogP contribution in [0.1, 0.15) is 38.7 Å². The molecule has 1 atom stereocenters. The lowest BCUT2D eigenvalue weighted by atomic mass is 10.0. The Morgan fingerprint density at radius 3 is 2.65 bits per heavy atom. The Hall–Kier alpha value is -1.13. The van der Waals surface area contributed by atoms with Gasteiger partial charge in [-0.2, -0.15) is 0 Å². The van der Waals surface area contributed by atoms with Crippen LogP contribution in [0.4, 0.5) is 5.82 Å². The molecule has 0 saturated carbocycles. The van der Waals surface area contributed by atoms with Crippen LogP contribution in [0.25, 0.3) is 0 Å². The maximum atomic E-state index is 9.72. The quantitative estimate of drug-likeness (QED) is 0.750. The highest BCUT2D eigenvalue weighted by Crippen LogP contribution is 2.17. The molecule has 20 heavy (non-hydrogen) atoms. The van der Waals surface area contributed by atoms with Crippen LogP contribution in [0.2, 0.25) is 0 Å². The number of anilines is 1. The summed E-state index contributed by atoms with van der Waals surface area (Å²) in [5.74, 6) is 1.43. The van der Waals surface area contributed by atoms with Crippen LogP contribution < -0.4 is 10.2 Å². The van der Waals surface area contributed by atoms with Gasteiger partial charge in [-0.3, -0.25) is 0 Å². The molecule has 2 rings (SSSR count). The van der Waals surface area contributed by atoms with E-state index < -0.39 is 0 Å². The third-order valence-corrected chi connectivity index (χ3v) is 3.95. The molecule has 1 aliphatic heterocycles. The normalized spacial score (nSPS) is 16.9. The zero-order chi connectivity index (χ0) is 14.4. The molecule has 0 bridgehead atoms. The van der Waals surface area contributed by atoms with Gasteiger partial charge in [0.15, 0.2) is 0 Å². The summed E-state index contributed by atoms with van der Waals surface area (Å²) in [6, 6.07) is 4.26. The van der Waals surface area contributed by atoms with Crippen molar-refractivity contribution in [2.24, 2.45) is 5.92 Å². The van der Waals surface area contributed by atoms with Crippen LogP contribution in [-0.4, -0.2) is 35.8 Å². The summed E-state index contributed by atoms with van der Waals surface area (Å²) >= 11 is 0. The molecule has 1 aromatic rings. The average Bonchev–Trinajstić information content (AvgIpc) is 2.98. The molecule has 112 valence electrons. The van der Waals surface area contributed by atoms with E-state index in [1.54, 1.807) is 0 Å². The van der Waals surface area contributed by atoms with Crippen molar-refractivity contribution in [3.8, 4) is 0 Å². The summed E-state index contributed by atoms with van der Waals surface area (Å²) in [6.45, 7) is 8.03. The monoisotopic (exact) mass is 277 g/mol. The second-order valence-electron chi connectivity index (χ2n) is 6.00. The molecule has 1 saturated heterocycles. The number of aromatic nitrogens is 1. The number of hydrogen-bond donors (Lipinski definition) is 2. The number of aliphatic hydroxyl groups is 1. The van der Waals surface area contributed by atoms with Gasteiger partial charge in [-0.1, -0.05) is 19.9 Å². The van der Waals surface area contributed by atoms with Crippen LogP contribution >= 0.6 is 0 Å². The molecular weight excluding hydrogens is 250 g/mol. The third-order valence-electron chi connectivity index (χ3n) is 3.95. The van der Waals surface area contributed by atoms with E-state index in [0.29, 0.717) is 5.92 Å². The summed E-state index contributed by atoms with van der Waals surface area (Å²) in [7, 11) is 0. The number of nitrogens with zero attached hydrogens (tertiary/aromatic N) is 2. The molecule has 1 unspecified atom stereocenters. The molecule has 0 aromatic carbocycles. The minimum Gasteiger partial charge on any atom is -0.393 e. The minimum atomic E-state index is -0.210. The highest BCUT2D eigenvalue weighted by molar-refractivity contribution is 5.40. The fourth-order valence-electron chi connectivity index (χ4n) is 2.47. The van der Waals surface area contributed by atoms with Gasteiger partial charge in [-0.25, -0.2) is 4.98 Å². The molecule has 1 aromatic heterocycles. The first-order chi connectivity index (χ1) is 9.66. The van der Waals surface area contributed by atoms with Gasteiger partial charge < -0.3 is 15.3 Å². The number of aliphatic hydroxyl groups excluding tert-OH is 1. The smallest absolute Gasteiger partial charge is 0.128 e. The summed E-state index contributed by atoms with van der Waals surface area (Å²) in [5.41, 5.74) is 1.20. The Balaban J connectivity index is 1.71. The Bertz CT molecular complexity index is 385. The second-order valence-corrected chi connectivity index (χ2v) is 6.00. The largest absolute Gasteiger partial charge is 0.393 e. The van der Waals surface area contributed by atoms with E-state index in [1.165, 1.54) is 18.4 Å². The standard InChI is InChI=1S/C16H27N3O/c1-13(2)15(20)7-8-17-11-14-5-6-16(18-12-14)19-9-3-4-10-19/h5-6,12-13,15,17,20H,3-4,7-11H2,1-2H3. The van der Waals surface area contributed by atoms with Crippen LogP contribution in [0.15, 0.2) is 18.3 Å². The molecule has 0 amide bonds. The van der Waals surface area contributed by atoms with Crippen LogP contribution in [-0.2, 0) is 6.54 Å².